The number of nitrogens with two attached hydrogens (primary N) is 2. The molecule has 3 nitrogen and oxygen atoms in total. The molecule has 1 heterocycles. The van der Waals surface area contributed by atoms with Crippen molar-refractivity contribution < 1.29 is 0 Å². The first-order valence-corrected chi connectivity index (χ1v) is 3.99. The molecule has 0 unspecified atom stereocenters. The normalized spacial score (nSPS) is 23.4. The highest BCUT2D eigenvalue weighted by molar-refractivity contribution is 4.71. The Morgan fingerprint density at radius 2 is 1.80 bits per heavy atom. The van der Waals surface area contributed by atoms with E-state index in [1.165, 1.54) is 12.8 Å². The van der Waals surface area contributed by atoms with Crippen molar-refractivity contribution in [2.24, 2.45) is 17.4 Å². The molecule has 4 N–H and O–H groups in total. The summed E-state index contributed by atoms with van der Waals surface area (Å²) in [6.07, 6.45) is 2.46. The maximum Gasteiger partial charge on any atom is 0.0455 e. The Morgan fingerprint density at radius 3 is 2.20 bits per heavy atom. The fraction of sp³-hybridized carbons (Fsp3) is 1.00. The van der Waals surface area contributed by atoms with Gasteiger partial charge in [-0.05, 0) is 38.4 Å². The van der Waals surface area contributed by atoms with Crippen molar-refractivity contribution in [1.29, 1.82) is 0 Å². The molecule has 1 fully saturated rings. The van der Waals surface area contributed by atoms with Gasteiger partial charge in [0.1, 0.15) is 0 Å². The van der Waals surface area contributed by atoms with Crippen LogP contribution in [0.2, 0.25) is 0 Å². The first-order valence-electron chi connectivity index (χ1n) is 3.99. The third kappa shape index (κ3) is 1.94. The van der Waals surface area contributed by atoms with Crippen molar-refractivity contribution in [2.45, 2.75) is 12.8 Å². The first-order chi connectivity index (χ1) is 4.86. The fourth-order valence-corrected chi connectivity index (χ4v) is 1.40. The van der Waals surface area contributed by atoms with E-state index in [9.17, 15) is 0 Å². The lowest BCUT2D eigenvalue weighted by atomic mass is 9.97. The second-order valence-corrected chi connectivity index (χ2v) is 2.98. The largest absolute Gasteiger partial charge is 0.330 e. The molecule has 0 aromatic heterocycles. The molecule has 10 heavy (non-hydrogen) atoms. The van der Waals surface area contributed by atoms with Gasteiger partial charge in [0, 0.05) is 6.67 Å². The van der Waals surface area contributed by atoms with E-state index in [2.05, 4.69) is 4.90 Å². The molecular weight excluding hydrogens is 126 g/mol. The molecule has 1 aliphatic rings. The molecule has 1 saturated heterocycles. The Kier molecular flexibility index (Phi) is 3.12. The lowest BCUT2D eigenvalue weighted by molar-refractivity contribution is 0.192. The summed E-state index contributed by atoms with van der Waals surface area (Å²) in [6.45, 7) is 3.83. The van der Waals surface area contributed by atoms with Gasteiger partial charge in [0.05, 0.1) is 0 Å². The zero-order valence-electron chi connectivity index (χ0n) is 6.42. The summed E-state index contributed by atoms with van der Waals surface area (Å²) < 4.78 is 0. The van der Waals surface area contributed by atoms with Crippen molar-refractivity contribution in [1.82, 2.24) is 4.90 Å². The zero-order chi connectivity index (χ0) is 7.40. The summed E-state index contributed by atoms with van der Waals surface area (Å²) in [5.41, 5.74) is 11.0. The van der Waals surface area contributed by atoms with E-state index >= 15 is 0 Å². The molecule has 3 heteroatoms. The van der Waals surface area contributed by atoms with E-state index in [-0.39, 0.29) is 0 Å². The standard InChI is InChI=1S/C7H17N3/c8-5-7-1-3-10(6-9)4-2-7/h7H,1-6,8-9H2. The van der Waals surface area contributed by atoms with Gasteiger partial charge < -0.3 is 11.5 Å². The lowest BCUT2D eigenvalue weighted by Gasteiger charge is -2.29. The van der Waals surface area contributed by atoms with Crippen LogP contribution in [0, 0.1) is 5.92 Å². The van der Waals surface area contributed by atoms with Gasteiger partial charge in [-0.3, -0.25) is 4.90 Å². The quantitative estimate of drug-likeness (QED) is 0.551. The molecule has 0 amide bonds. The summed E-state index contributed by atoms with van der Waals surface area (Å²) in [5.74, 6) is 0.753. The van der Waals surface area contributed by atoms with Crippen LogP contribution in [0.15, 0.2) is 0 Å². The number of nitrogens with zero attached hydrogens (tertiary/aromatic N) is 1. The van der Waals surface area contributed by atoms with Crippen LogP contribution in [0.25, 0.3) is 0 Å². The molecule has 0 aromatic rings. The number of likely N-dealkylation sites (tertiary alicyclic amines) is 1. The van der Waals surface area contributed by atoms with Gasteiger partial charge in [-0.25, -0.2) is 0 Å². The van der Waals surface area contributed by atoms with Crippen LogP contribution in [-0.4, -0.2) is 31.2 Å². The highest BCUT2D eigenvalue weighted by Crippen LogP contribution is 2.14. The van der Waals surface area contributed by atoms with Gasteiger partial charge in [0.15, 0.2) is 0 Å². The maximum absolute atomic E-state index is 5.54. The zero-order valence-corrected chi connectivity index (χ0v) is 6.42. The van der Waals surface area contributed by atoms with Gasteiger partial charge >= 0.3 is 0 Å². The van der Waals surface area contributed by atoms with Crippen LogP contribution in [0.4, 0.5) is 0 Å². The Morgan fingerprint density at radius 1 is 1.20 bits per heavy atom. The summed E-state index contributed by atoms with van der Waals surface area (Å²) in [6, 6.07) is 0. The average molecular weight is 143 g/mol. The number of rotatable bonds is 2. The van der Waals surface area contributed by atoms with Crippen molar-refractivity contribution in [3.63, 3.8) is 0 Å². The highest BCUT2D eigenvalue weighted by atomic mass is 15.2. The Hall–Kier alpha value is -0.120. The average Bonchev–Trinajstić information content (AvgIpc) is 2.05. The van der Waals surface area contributed by atoms with Crippen LogP contribution < -0.4 is 11.5 Å². The predicted octanol–water partition coefficient (Wildman–Crippen LogP) is -0.427. The van der Waals surface area contributed by atoms with Gasteiger partial charge in [0.2, 0.25) is 0 Å². The molecule has 1 rings (SSSR count). The highest BCUT2D eigenvalue weighted by Gasteiger charge is 2.15. The third-order valence-electron chi connectivity index (χ3n) is 2.30. The molecule has 0 atom stereocenters. The van der Waals surface area contributed by atoms with E-state index in [0.29, 0.717) is 6.67 Å². The van der Waals surface area contributed by atoms with Gasteiger partial charge in [-0.1, -0.05) is 0 Å². The van der Waals surface area contributed by atoms with Crippen LogP contribution >= 0.6 is 0 Å². The van der Waals surface area contributed by atoms with Crippen molar-refractivity contribution >= 4 is 0 Å². The van der Waals surface area contributed by atoms with Gasteiger partial charge in [-0.15, -0.1) is 0 Å². The molecular formula is C7H17N3. The molecule has 0 radical (unpaired) electrons. The molecule has 60 valence electrons. The summed E-state index contributed by atoms with van der Waals surface area (Å²) in [4.78, 5) is 2.27. The fourth-order valence-electron chi connectivity index (χ4n) is 1.40. The number of hydrogen-bond acceptors (Lipinski definition) is 3. The van der Waals surface area contributed by atoms with Crippen molar-refractivity contribution in [3.05, 3.63) is 0 Å². The van der Waals surface area contributed by atoms with Gasteiger partial charge in [-0.2, -0.15) is 0 Å². The van der Waals surface area contributed by atoms with Crippen LogP contribution in [0.1, 0.15) is 12.8 Å². The number of piperidine rings is 1. The van der Waals surface area contributed by atoms with Crippen LogP contribution in [-0.2, 0) is 0 Å². The van der Waals surface area contributed by atoms with E-state index in [0.717, 1.165) is 25.6 Å². The Balaban J connectivity index is 2.17. The molecule has 0 spiro atoms. The number of hydrogen-bond donors (Lipinski definition) is 2. The topological polar surface area (TPSA) is 55.3 Å². The van der Waals surface area contributed by atoms with Crippen LogP contribution in [0.5, 0.6) is 0 Å². The van der Waals surface area contributed by atoms with Crippen LogP contribution in [0.3, 0.4) is 0 Å². The Labute approximate surface area is 62.4 Å². The summed E-state index contributed by atoms with van der Waals surface area (Å²) in [5, 5.41) is 0. The molecule has 0 aliphatic carbocycles. The maximum atomic E-state index is 5.54. The monoisotopic (exact) mass is 143 g/mol. The smallest absolute Gasteiger partial charge is 0.0455 e. The second kappa shape index (κ2) is 3.91. The van der Waals surface area contributed by atoms with E-state index in [1.807, 2.05) is 0 Å². The van der Waals surface area contributed by atoms with E-state index < -0.39 is 0 Å². The third-order valence-corrected chi connectivity index (χ3v) is 2.30. The van der Waals surface area contributed by atoms with E-state index in [1.54, 1.807) is 0 Å². The predicted molar refractivity (Wildman–Crippen MR) is 42.4 cm³/mol. The molecule has 0 saturated carbocycles. The SMILES string of the molecule is NCC1CCN(CN)CC1. The Bertz CT molecular complexity index is 74.9. The minimum Gasteiger partial charge on any atom is -0.330 e. The molecule has 1 aliphatic heterocycles. The molecule has 0 aromatic carbocycles. The molecule has 0 bridgehead atoms. The van der Waals surface area contributed by atoms with Gasteiger partial charge in [0.25, 0.3) is 0 Å². The minimum atomic E-state index is 0.706. The summed E-state index contributed by atoms with van der Waals surface area (Å²) in [7, 11) is 0. The van der Waals surface area contributed by atoms with Crippen molar-refractivity contribution in [2.75, 3.05) is 26.3 Å². The van der Waals surface area contributed by atoms with Crippen molar-refractivity contribution in [3.8, 4) is 0 Å². The minimum absolute atomic E-state index is 0.706. The summed E-state index contributed by atoms with van der Waals surface area (Å²) >= 11 is 0. The van der Waals surface area contributed by atoms with E-state index in [4.69, 9.17) is 11.5 Å². The lowest BCUT2D eigenvalue weighted by Crippen LogP contribution is -2.39. The second-order valence-electron chi connectivity index (χ2n) is 2.98. The first kappa shape index (κ1) is 7.98.